The van der Waals surface area contributed by atoms with E-state index in [1.54, 1.807) is 0 Å². The Morgan fingerprint density at radius 3 is 2.64 bits per heavy atom. The summed E-state index contributed by atoms with van der Waals surface area (Å²) in [5.41, 5.74) is 0.936. The molecule has 3 aliphatic carbocycles. The molecule has 1 aromatic rings. The van der Waals surface area contributed by atoms with Gasteiger partial charge in [0.15, 0.2) is 0 Å². The summed E-state index contributed by atoms with van der Waals surface area (Å²) >= 11 is 0. The summed E-state index contributed by atoms with van der Waals surface area (Å²) in [5, 5.41) is 10.2. The number of halogens is 1. The molecule has 5 atom stereocenters. The first-order valence-electron chi connectivity index (χ1n) is 10.2. The maximum absolute atomic E-state index is 13.1. The lowest BCUT2D eigenvalue weighted by Crippen LogP contribution is -2.42. The van der Waals surface area contributed by atoms with Gasteiger partial charge in [-0.3, -0.25) is 9.59 Å². The first-order valence-corrected chi connectivity index (χ1v) is 10.2. The number of hydrogen-bond acceptors (Lipinski definition) is 6. The number of amides is 1. The number of esters is 1. The van der Waals surface area contributed by atoms with Gasteiger partial charge in [0.05, 0.1) is 18.4 Å². The summed E-state index contributed by atoms with van der Waals surface area (Å²) in [5.74, 6) is 0.630. The maximum atomic E-state index is 13.1. The first-order chi connectivity index (χ1) is 13.1. The number of nitrogens with zero attached hydrogens (tertiary/aromatic N) is 1. The summed E-state index contributed by atoms with van der Waals surface area (Å²) in [7, 11) is 0. The SMILES string of the molecule is Cc1cc(CNC(=O)[C@H]2[C@H](C(=O)O[C@@H]3CCNC3)[C@H]3CC[C@@H]2C32CC2)no1.Cl. The number of ether oxygens (including phenoxy) is 1. The summed E-state index contributed by atoms with van der Waals surface area (Å²) in [6, 6.07) is 1.82. The van der Waals surface area contributed by atoms with Crippen LogP contribution in [-0.4, -0.2) is 36.2 Å². The third kappa shape index (κ3) is 3.12. The first kappa shape index (κ1) is 19.7. The molecule has 7 nitrogen and oxygen atoms in total. The van der Waals surface area contributed by atoms with Gasteiger partial charge >= 0.3 is 5.97 Å². The van der Waals surface area contributed by atoms with Crippen LogP contribution in [-0.2, 0) is 20.9 Å². The topological polar surface area (TPSA) is 93.5 Å². The fourth-order valence-corrected chi connectivity index (χ4v) is 6.09. The van der Waals surface area contributed by atoms with Crippen molar-refractivity contribution in [3.63, 3.8) is 0 Å². The van der Waals surface area contributed by atoms with Crippen LogP contribution in [0.5, 0.6) is 0 Å². The van der Waals surface area contributed by atoms with E-state index in [1.807, 2.05) is 13.0 Å². The molecule has 1 saturated heterocycles. The highest BCUT2D eigenvalue weighted by atomic mass is 35.5. The van der Waals surface area contributed by atoms with E-state index in [9.17, 15) is 9.59 Å². The lowest BCUT2D eigenvalue weighted by atomic mass is 9.78. The third-order valence-corrected chi connectivity index (χ3v) is 7.34. The van der Waals surface area contributed by atoms with Gasteiger partial charge < -0.3 is 19.9 Å². The number of aryl methyl sites for hydroxylation is 1. The van der Waals surface area contributed by atoms with Crippen molar-refractivity contribution >= 4 is 24.3 Å². The highest BCUT2D eigenvalue weighted by Crippen LogP contribution is 2.74. The number of carbonyl (C=O) groups is 2. The smallest absolute Gasteiger partial charge is 0.310 e. The Labute approximate surface area is 170 Å². The van der Waals surface area contributed by atoms with Crippen molar-refractivity contribution < 1.29 is 18.8 Å². The van der Waals surface area contributed by atoms with E-state index in [2.05, 4.69) is 15.8 Å². The quantitative estimate of drug-likeness (QED) is 0.722. The molecule has 154 valence electrons. The number of aromatic nitrogens is 1. The fourth-order valence-electron chi connectivity index (χ4n) is 6.09. The van der Waals surface area contributed by atoms with Crippen molar-refractivity contribution in [1.82, 2.24) is 15.8 Å². The van der Waals surface area contributed by atoms with Crippen LogP contribution in [0, 0.1) is 36.0 Å². The van der Waals surface area contributed by atoms with Gasteiger partial charge in [-0.25, -0.2) is 0 Å². The fraction of sp³-hybridized carbons (Fsp3) is 0.750. The molecule has 1 amide bonds. The van der Waals surface area contributed by atoms with E-state index in [4.69, 9.17) is 9.26 Å². The van der Waals surface area contributed by atoms with Crippen LogP contribution >= 0.6 is 12.4 Å². The maximum Gasteiger partial charge on any atom is 0.310 e. The third-order valence-electron chi connectivity index (χ3n) is 7.34. The Morgan fingerprint density at radius 1 is 1.29 bits per heavy atom. The normalized spacial score (nSPS) is 34.2. The molecule has 1 aromatic heterocycles. The molecule has 2 heterocycles. The van der Waals surface area contributed by atoms with E-state index < -0.39 is 0 Å². The van der Waals surface area contributed by atoms with E-state index >= 15 is 0 Å². The van der Waals surface area contributed by atoms with Crippen molar-refractivity contribution in [2.24, 2.45) is 29.1 Å². The average molecular weight is 410 g/mol. The Kier molecular flexibility index (Phi) is 5.16. The minimum Gasteiger partial charge on any atom is -0.461 e. The second kappa shape index (κ2) is 7.34. The molecule has 1 aliphatic heterocycles. The van der Waals surface area contributed by atoms with E-state index in [-0.39, 0.29) is 47.6 Å². The van der Waals surface area contributed by atoms with Crippen LogP contribution < -0.4 is 10.6 Å². The highest BCUT2D eigenvalue weighted by Gasteiger charge is 2.72. The van der Waals surface area contributed by atoms with E-state index in [0.29, 0.717) is 24.1 Å². The number of carbonyl (C=O) groups excluding carboxylic acids is 2. The average Bonchev–Trinajstić information content (AvgIpc) is 2.95. The van der Waals surface area contributed by atoms with Crippen LogP contribution in [0.15, 0.2) is 10.6 Å². The molecule has 5 rings (SSSR count). The van der Waals surface area contributed by atoms with Crippen LogP contribution in [0.25, 0.3) is 0 Å². The zero-order valence-corrected chi connectivity index (χ0v) is 16.9. The molecule has 4 aliphatic rings. The molecule has 2 N–H and O–H groups in total. The molecule has 0 unspecified atom stereocenters. The Bertz CT molecular complexity index is 756. The van der Waals surface area contributed by atoms with Gasteiger partial charge in [-0.2, -0.15) is 0 Å². The van der Waals surface area contributed by atoms with Crippen molar-refractivity contribution in [2.45, 2.75) is 51.7 Å². The number of hydrogen-bond donors (Lipinski definition) is 2. The number of rotatable bonds is 5. The van der Waals surface area contributed by atoms with Gasteiger partial charge in [0, 0.05) is 12.6 Å². The Hall–Kier alpha value is -1.60. The lowest BCUT2D eigenvalue weighted by Gasteiger charge is -2.29. The van der Waals surface area contributed by atoms with Crippen LogP contribution in [0.2, 0.25) is 0 Å². The zero-order valence-electron chi connectivity index (χ0n) is 16.1. The molecular weight excluding hydrogens is 382 g/mol. The minimum absolute atomic E-state index is 0. The second-order valence-electron chi connectivity index (χ2n) is 8.77. The second-order valence-corrected chi connectivity index (χ2v) is 8.77. The highest BCUT2D eigenvalue weighted by molar-refractivity contribution is 5.87. The predicted octanol–water partition coefficient (Wildman–Crippen LogP) is 1.98. The monoisotopic (exact) mass is 409 g/mol. The molecule has 1 spiro atoms. The molecule has 8 heteroatoms. The van der Waals surface area contributed by atoms with Crippen molar-refractivity contribution in [3.05, 3.63) is 17.5 Å². The van der Waals surface area contributed by atoms with E-state index in [0.717, 1.165) is 51.0 Å². The standard InChI is InChI=1S/C20H27N3O4.ClH/c1-11-8-12(23-27-11)9-22-18(24)16-14-2-3-15(20(14)5-6-20)17(16)19(25)26-13-4-7-21-10-13;/h8,13-17,21H,2-7,9-10H2,1H3,(H,22,24);1H/t13-,14+,15-,16-,17-;/m1./s1. The van der Waals surface area contributed by atoms with Gasteiger partial charge in [-0.05, 0) is 62.8 Å². The van der Waals surface area contributed by atoms with Crippen molar-refractivity contribution in [1.29, 1.82) is 0 Å². The molecule has 28 heavy (non-hydrogen) atoms. The van der Waals surface area contributed by atoms with Gasteiger partial charge in [0.2, 0.25) is 5.91 Å². The molecule has 4 fully saturated rings. The summed E-state index contributed by atoms with van der Waals surface area (Å²) < 4.78 is 10.9. The van der Waals surface area contributed by atoms with E-state index in [1.165, 1.54) is 0 Å². The van der Waals surface area contributed by atoms with Gasteiger partial charge in [-0.1, -0.05) is 5.16 Å². The van der Waals surface area contributed by atoms with Crippen molar-refractivity contribution in [3.8, 4) is 0 Å². The summed E-state index contributed by atoms with van der Waals surface area (Å²) in [4.78, 5) is 26.1. The Morgan fingerprint density at radius 2 is 2.04 bits per heavy atom. The Balaban J connectivity index is 0.00000192. The molecular formula is C20H28ClN3O4. The van der Waals surface area contributed by atoms with Crippen LogP contribution in [0.3, 0.4) is 0 Å². The van der Waals surface area contributed by atoms with Crippen molar-refractivity contribution in [2.75, 3.05) is 13.1 Å². The minimum atomic E-state index is -0.286. The van der Waals surface area contributed by atoms with Gasteiger partial charge in [0.25, 0.3) is 0 Å². The summed E-state index contributed by atoms with van der Waals surface area (Å²) in [6.45, 7) is 3.78. The molecule has 0 radical (unpaired) electrons. The zero-order chi connectivity index (χ0) is 18.6. The summed E-state index contributed by atoms with van der Waals surface area (Å²) in [6.07, 6.45) is 5.24. The lowest BCUT2D eigenvalue weighted by molar-refractivity contribution is -0.159. The van der Waals surface area contributed by atoms with Crippen LogP contribution in [0.1, 0.15) is 43.6 Å². The van der Waals surface area contributed by atoms with Crippen LogP contribution in [0.4, 0.5) is 0 Å². The number of nitrogens with one attached hydrogen (secondary N) is 2. The molecule has 3 saturated carbocycles. The largest absolute Gasteiger partial charge is 0.461 e. The molecule has 2 bridgehead atoms. The van der Waals surface area contributed by atoms with Gasteiger partial charge in [0.1, 0.15) is 17.6 Å². The van der Waals surface area contributed by atoms with Gasteiger partial charge in [-0.15, -0.1) is 12.4 Å². The predicted molar refractivity (Wildman–Crippen MR) is 103 cm³/mol. The molecule has 0 aromatic carbocycles.